The zero-order chi connectivity index (χ0) is 28.2. The molecule has 9 heteroatoms. The predicted molar refractivity (Wildman–Crippen MR) is 143 cm³/mol. The Morgan fingerprint density at radius 2 is 1.59 bits per heavy atom. The van der Waals surface area contributed by atoms with Crippen LogP contribution in [0.3, 0.4) is 0 Å². The quantitative estimate of drug-likeness (QED) is 0.163. The van der Waals surface area contributed by atoms with Crippen molar-refractivity contribution in [2.45, 2.75) is 45.8 Å². The van der Waals surface area contributed by atoms with Crippen LogP contribution in [0.1, 0.15) is 43.2 Å². The molecule has 0 aliphatic rings. The number of para-hydroxylation sites is 1. The number of carbonyl (C=O) groups is 3. The van der Waals surface area contributed by atoms with Gasteiger partial charge >= 0.3 is 11.9 Å². The van der Waals surface area contributed by atoms with E-state index in [1.165, 1.54) is 26.3 Å². The summed E-state index contributed by atoms with van der Waals surface area (Å²) < 4.78 is 27.5. The number of methoxy groups -OCH3 is 1. The topological polar surface area (TPSA) is 110 Å². The standard InChI is InChI=1S/C30H33NO8/c1-20(17-25(33)28-29(37-19-36-22(3)32)26(35-4)15-16-31-28)30(34)39-27(18-23-11-7-5-8-12-23)21(2)38-24-13-9-6-10-14-24/h5-16,20-21,27H,17-19H2,1-4H3/t20-,21+,27-/m1/s1. The minimum Gasteiger partial charge on any atom is -0.493 e. The Kier molecular flexibility index (Phi) is 10.9. The highest BCUT2D eigenvalue weighted by atomic mass is 16.7. The summed E-state index contributed by atoms with van der Waals surface area (Å²) in [4.78, 5) is 41.5. The molecule has 39 heavy (non-hydrogen) atoms. The SMILES string of the molecule is COc1ccnc(C(=O)C[C@@H](C)C(=O)O[C@H](Cc2ccccc2)[C@H](C)Oc2ccccc2)c1OCOC(C)=O. The van der Waals surface area contributed by atoms with Gasteiger partial charge in [-0.15, -0.1) is 0 Å². The summed E-state index contributed by atoms with van der Waals surface area (Å²) in [6.07, 6.45) is 0.588. The first kappa shape index (κ1) is 29.2. The predicted octanol–water partition coefficient (Wildman–Crippen LogP) is 4.82. The van der Waals surface area contributed by atoms with Crippen LogP contribution >= 0.6 is 0 Å². The molecule has 0 radical (unpaired) electrons. The van der Waals surface area contributed by atoms with Gasteiger partial charge in [-0.3, -0.25) is 14.4 Å². The third-order valence-electron chi connectivity index (χ3n) is 5.85. The van der Waals surface area contributed by atoms with Crippen molar-refractivity contribution in [1.29, 1.82) is 0 Å². The number of ether oxygens (including phenoxy) is 5. The Morgan fingerprint density at radius 1 is 0.923 bits per heavy atom. The lowest BCUT2D eigenvalue weighted by Gasteiger charge is -2.26. The monoisotopic (exact) mass is 535 g/mol. The van der Waals surface area contributed by atoms with E-state index in [-0.39, 0.29) is 23.6 Å². The smallest absolute Gasteiger partial charge is 0.309 e. The number of ketones is 1. The van der Waals surface area contributed by atoms with E-state index in [2.05, 4.69) is 4.98 Å². The second kappa shape index (κ2) is 14.5. The van der Waals surface area contributed by atoms with Gasteiger partial charge in [0.1, 0.15) is 18.0 Å². The molecule has 0 fully saturated rings. The lowest BCUT2D eigenvalue weighted by molar-refractivity contribution is -0.157. The van der Waals surface area contributed by atoms with Crippen molar-refractivity contribution in [3.8, 4) is 17.2 Å². The first-order valence-corrected chi connectivity index (χ1v) is 12.6. The van der Waals surface area contributed by atoms with E-state index in [4.69, 9.17) is 23.7 Å². The number of pyridine rings is 1. The number of aromatic nitrogens is 1. The minimum atomic E-state index is -0.783. The summed E-state index contributed by atoms with van der Waals surface area (Å²) in [5, 5.41) is 0. The van der Waals surface area contributed by atoms with Crippen LogP contribution in [-0.4, -0.2) is 48.8 Å². The first-order valence-electron chi connectivity index (χ1n) is 12.6. The molecule has 0 bridgehead atoms. The molecule has 2 aromatic carbocycles. The van der Waals surface area contributed by atoms with Crippen molar-refractivity contribution < 1.29 is 38.1 Å². The van der Waals surface area contributed by atoms with Gasteiger partial charge in [-0.2, -0.15) is 0 Å². The number of esters is 2. The first-order chi connectivity index (χ1) is 18.8. The number of carbonyl (C=O) groups excluding carboxylic acids is 3. The largest absolute Gasteiger partial charge is 0.493 e. The summed E-state index contributed by atoms with van der Waals surface area (Å²) >= 11 is 0. The normalized spacial score (nSPS) is 12.9. The maximum Gasteiger partial charge on any atom is 0.309 e. The number of hydrogen-bond donors (Lipinski definition) is 0. The zero-order valence-electron chi connectivity index (χ0n) is 22.5. The summed E-state index contributed by atoms with van der Waals surface area (Å²) in [6.45, 7) is 4.27. The third kappa shape index (κ3) is 8.84. The van der Waals surface area contributed by atoms with Crippen LogP contribution in [0.15, 0.2) is 72.9 Å². The average molecular weight is 536 g/mol. The van der Waals surface area contributed by atoms with Gasteiger partial charge in [-0.25, -0.2) is 4.98 Å². The molecule has 0 unspecified atom stereocenters. The maximum absolute atomic E-state index is 13.2. The van der Waals surface area contributed by atoms with Gasteiger partial charge < -0.3 is 23.7 Å². The Labute approximate surface area is 228 Å². The molecule has 1 heterocycles. The molecule has 9 nitrogen and oxygen atoms in total. The van der Waals surface area contributed by atoms with Gasteiger partial charge in [0, 0.05) is 32.0 Å². The van der Waals surface area contributed by atoms with Crippen LogP contribution < -0.4 is 14.2 Å². The van der Waals surface area contributed by atoms with E-state index < -0.39 is 42.6 Å². The Balaban J connectivity index is 1.72. The van der Waals surface area contributed by atoms with Crippen LogP contribution in [0.2, 0.25) is 0 Å². The Hall–Kier alpha value is -4.40. The molecule has 0 spiro atoms. The summed E-state index contributed by atoms with van der Waals surface area (Å²) in [6, 6.07) is 20.5. The summed E-state index contributed by atoms with van der Waals surface area (Å²) in [5.74, 6) is -1.40. The zero-order valence-corrected chi connectivity index (χ0v) is 22.5. The van der Waals surface area contributed by atoms with Gasteiger partial charge in [0.05, 0.1) is 13.0 Å². The summed E-state index contributed by atoms with van der Waals surface area (Å²) in [7, 11) is 1.41. The van der Waals surface area contributed by atoms with Crippen molar-refractivity contribution in [1.82, 2.24) is 4.98 Å². The third-order valence-corrected chi connectivity index (χ3v) is 5.85. The van der Waals surface area contributed by atoms with Crippen LogP contribution in [0, 0.1) is 5.92 Å². The van der Waals surface area contributed by atoms with Crippen LogP contribution in [0.25, 0.3) is 0 Å². The van der Waals surface area contributed by atoms with Crippen molar-refractivity contribution in [2.75, 3.05) is 13.9 Å². The molecule has 0 amide bonds. The number of benzene rings is 2. The van der Waals surface area contributed by atoms with Crippen LogP contribution in [0.4, 0.5) is 0 Å². The van der Waals surface area contributed by atoms with E-state index >= 15 is 0 Å². The Bertz CT molecular complexity index is 1230. The van der Waals surface area contributed by atoms with Gasteiger partial charge in [0.25, 0.3) is 0 Å². The van der Waals surface area contributed by atoms with Crippen LogP contribution in [0.5, 0.6) is 17.2 Å². The number of Topliss-reactive ketones (excluding diaryl/α,β-unsaturated/α-hetero) is 1. The van der Waals surface area contributed by atoms with Crippen molar-refractivity contribution in [3.05, 3.63) is 84.2 Å². The van der Waals surface area contributed by atoms with Crippen LogP contribution in [-0.2, 0) is 25.5 Å². The average Bonchev–Trinajstić information content (AvgIpc) is 2.93. The number of hydrogen-bond acceptors (Lipinski definition) is 9. The fraction of sp³-hybridized carbons (Fsp3) is 0.333. The highest BCUT2D eigenvalue weighted by molar-refractivity contribution is 5.99. The highest BCUT2D eigenvalue weighted by Crippen LogP contribution is 2.31. The molecule has 3 atom stereocenters. The molecule has 3 aromatic rings. The highest BCUT2D eigenvalue weighted by Gasteiger charge is 2.29. The lowest BCUT2D eigenvalue weighted by atomic mass is 10.0. The Morgan fingerprint density at radius 3 is 2.23 bits per heavy atom. The van der Waals surface area contributed by atoms with Gasteiger partial charge in [0.15, 0.2) is 23.0 Å². The van der Waals surface area contributed by atoms with E-state index in [9.17, 15) is 14.4 Å². The second-order valence-electron chi connectivity index (χ2n) is 8.92. The summed E-state index contributed by atoms with van der Waals surface area (Å²) in [5.41, 5.74) is 0.945. The molecule has 3 rings (SSSR count). The number of rotatable bonds is 14. The molecule has 0 saturated carbocycles. The minimum absolute atomic E-state index is 0.0265. The molecule has 0 N–H and O–H groups in total. The second-order valence-corrected chi connectivity index (χ2v) is 8.92. The van der Waals surface area contributed by atoms with E-state index in [1.807, 2.05) is 67.6 Å². The molecule has 0 saturated heterocycles. The molecule has 0 aliphatic carbocycles. The van der Waals surface area contributed by atoms with Crippen molar-refractivity contribution in [2.24, 2.45) is 5.92 Å². The molecule has 206 valence electrons. The van der Waals surface area contributed by atoms with E-state index in [0.717, 1.165) is 5.56 Å². The molecular weight excluding hydrogens is 502 g/mol. The van der Waals surface area contributed by atoms with Gasteiger partial charge in [0.2, 0.25) is 6.79 Å². The van der Waals surface area contributed by atoms with Crippen molar-refractivity contribution in [3.63, 3.8) is 0 Å². The van der Waals surface area contributed by atoms with E-state index in [1.54, 1.807) is 6.92 Å². The molecule has 0 aliphatic heterocycles. The van der Waals surface area contributed by atoms with E-state index in [0.29, 0.717) is 12.2 Å². The van der Waals surface area contributed by atoms with Gasteiger partial charge in [-0.05, 0) is 24.6 Å². The number of nitrogens with zero attached hydrogens (tertiary/aromatic N) is 1. The fourth-order valence-electron chi connectivity index (χ4n) is 3.76. The molecule has 1 aromatic heterocycles. The van der Waals surface area contributed by atoms with Crippen molar-refractivity contribution >= 4 is 17.7 Å². The van der Waals surface area contributed by atoms with Gasteiger partial charge in [-0.1, -0.05) is 55.5 Å². The fourth-order valence-corrected chi connectivity index (χ4v) is 3.76. The maximum atomic E-state index is 13.2. The lowest BCUT2D eigenvalue weighted by Crippen LogP contribution is -2.37. The molecular formula is C30H33NO8.